The molecule has 2 aromatic carbocycles. The fraction of sp³-hybridized carbons (Fsp3) is 0.581. The van der Waals surface area contributed by atoms with Gasteiger partial charge >= 0.3 is 5.97 Å². The fourth-order valence-corrected chi connectivity index (χ4v) is 6.66. The molecule has 194 valence electrons. The van der Waals surface area contributed by atoms with Crippen molar-refractivity contribution < 1.29 is 23.9 Å². The molecule has 1 saturated carbocycles. The number of aryl methyl sites for hydroxylation is 2. The summed E-state index contributed by atoms with van der Waals surface area (Å²) in [6.07, 6.45) is 10.4. The van der Waals surface area contributed by atoms with Crippen molar-refractivity contribution >= 4 is 5.97 Å². The van der Waals surface area contributed by atoms with E-state index in [0.29, 0.717) is 12.2 Å². The lowest BCUT2D eigenvalue weighted by Gasteiger charge is -2.33. The number of quaternary nitrogens is 1. The molecule has 5 heteroatoms. The van der Waals surface area contributed by atoms with Gasteiger partial charge in [-0.1, -0.05) is 49.2 Å². The molecule has 2 fully saturated rings. The highest BCUT2D eigenvalue weighted by molar-refractivity contribution is 5.81. The number of fused-ring (bicyclic) bond motifs is 1. The Morgan fingerprint density at radius 1 is 1.00 bits per heavy atom. The van der Waals surface area contributed by atoms with E-state index < -0.39 is 11.6 Å². The second kappa shape index (κ2) is 10.9. The Morgan fingerprint density at radius 3 is 2.53 bits per heavy atom. The average molecular weight is 493 g/mol. The van der Waals surface area contributed by atoms with Gasteiger partial charge in [0.15, 0.2) is 11.7 Å². The summed E-state index contributed by atoms with van der Waals surface area (Å²) >= 11 is 0. The van der Waals surface area contributed by atoms with Crippen molar-refractivity contribution in [1.29, 1.82) is 0 Å². The Balaban J connectivity index is 1.13. The average Bonchev–Trinajstić information content (AvgIpc) is 3.57. The van der Waals surface area contributed by atoms with Gasteiger partial charge in [0.1, 0.15) is 12.3 Å². The van der Waals surface area contributed by atoms with Gasteiger partial charge in [0.05, 0.1) is 26.7 Å². The molecule has 5 rings (SSSR count). The van der Waals surface area contributed by atoms with Crippen LogP contribution in [-0.4, -0.2) is 55.0 Å². The number of carbonyl (C=O) groups is 1. The monoisotopic (exact) mass is 492 g/mol. The van der Waals surface area contributed by atoms with Gasteiger partial charge in [-0.3, -0.25) is 0 Å². The van der Waals surface area contributed by atoms with Crippen LogP contribution in [0.25, 0.3) is 0 Å². The zero-order valence-corrected chi connectivity index (χ0v) is 21.8. The van der Waals surface area contributed by atoms with Crippen molar-refractivity contribution in [2.24, 2.45) is 5.92 Å². The SMILES string of the molecule is C[N+]1(CCCOc2ccc3c(c2)CCCC3)CC[C@@H](OC(=O)[C@](O)(c2ccccc2)C2CCCC2)C1. The number of nitrogens with zero attached hydrogens (tertiary/aromatic N) is 1. The van der Waals surface area contributed by atoms with Crippen LogP contribution in [0.5, 0.6) is 5.75 Å². The first-order chi connectivity index (χ1) is 17.5. The van der Waals surface area contributed by atoms with Crippen LogP contribution in [0.1, 0.15) is 68.1 Å². The third-order valence-corrected chi connectivity index (χ3v) is 8.81. The van der Waals surface area contributed by atoms with Gasteiger partial charge in [0.25, 0.3) is 0 Å². The second-order valence-electron chi connectivity index (χ2n) is 11.5. The van der Waals surface area contributed by atoms with Gasteiger partial charge in [0.2, 0.25) is 0 Å². The number of carbonyl (C=O) groups excluding carboxylic acids is 1. The third kappa shape index (κ3) is 5.47. The molecule has 0 amide bonds. The number of hydrogen-bond acceptors (Lipinski definition) is 4. The molecule has 36 heavy (non-hydrogen) atoms. The molecule has 1 aliphatic heterocycles. The predicted octanol–water partition coefficient (Wildman–Crippen LogP) is 5.17. The van der Waals surface area contributed by atoms with Crippen LogP contribution < -0.4 is 4.74 Å². The quantitative estimate of drug-likeness (QED) is 0.298. The van der Waals surface area contributed by atoms with Crippen molar-refractivity contribution in [3.8, 4) is 5.75 Å². The van der Waals surface area contributed by atoms with E-state index >= 15 is 0 Å². The lowest BCUT2D eigenvalue weighted by atomic mass is 9.80. The van der Waals surface area contributed by atoms with Crippen LogP contribution in [0.3, 0.4) is 0 Å². The molecule has 5 nitrogen and oxygen atoms in total. The van der Waals surface area contributed by atoms with Crippen molar-refractivity contribution in [2.75, 3.05) is 33.3 Å². The van der Waals surface area contributed by atoms with E-state index in [-0.39, 0.29) is 12.0 Å². The van der Waals surface area contributed by atoms with Crippen molar-refractivity contribution in [3.05, 3.63) is 65.2 Å². The molecule has 1 N–H and O–H groups in total. The van der Waals surface area contributed by atoms with Crippen molar-refractivity contribution in [2.45, 2.75) is 75.9 Å². The number of likely N-dealkylation sites (tertiary alicyclic amines) is 1. The zero-order chi connectivity index (χ0) is 25.0. The number of aliphatic hydroxyl groups is 1. The molecule has 0 aromatic heterocycles. The van der Waals surface area contributed by atoms with Crippen LogP contribution in [-0.2, 0) is 28.0 Å². The van der Waals surface area contributed by atoms with E-state index in [1.54, 1.807) is 0 Å². The number of benzene rings is 2. The van der Waals surface area contributed by atoms with E-state index in [1.165, 1.54) is 36.8 Å². The largest absolute Gasteiger partial charge is 0.493 e. The number of hydrogen-bond donors (Lipinski definition) is 1. The Labute approximate surface area is 216 Å². The molecule has 3 atom stereocenters. The van der Waals surface area contributed by atoms with Crippen LogP contribution in [0.4, 0.5) is 0 Å². The summed E-state index contributed by atoms with van der Waals surface area (Å²) in [7, 11) is 2.24. The Kier molecular flexibility index (Phi) is 7.68. The first kappa shape index (κ1) is 25.3. The Hall–Kier alpha value is -2.37. The normalized spacial score (nSPS) is 25.8. The molecule has 2 aliphatic carbocycles. The highest BCUT2D eigenvalue weighted by Gasteiger charge is 2.49. The maximum Gasteiger partial charge on any atom is 0.343 e. The molecule has 1 saturated heterocycles. The minimum absolute atomic E-state index is 0.0737. The standard InChI is InChI=1S/C31H42NO4/c1-32(19-9-21-35-28-17-16-24-10-5-6-11-25(24)22-28)20-18-29(23-32)36-30(33)31(34,27-14-7-8-15-27)26-12-3-2-4-13-26/h2-4,12-13,16-17,22,27,29,34H,5-11,14-15,18-21,23H2,1H3/q+1/t29-,31+,32?/m1/s1. The fourth-order valence-electron chi connectivity index (χ4n) is 6.66. The number of esters is 1. The van der Waals surface area contributed by atoms with E-state index in [0.717, 1.165) is 68.4 Å². The summed E-state index contributed by atoms with van der Waals surface area (Å²) in [6, 6.07) is 16.0. The van der Waals surface area contributed by atoms with Gasteiger partial charge in [-0.15, -0.1) is 0 Å². The molecule has 1 unspecified atom stereocenters. The summed E-state index contributed by atoms with van der Waals surface area (Å²) in [5.74, 6) is 0.448. The molecule has 1 heterocycles. The van der Waals surface area contributed by atoms with Crippen LogP contribution in [0.15, 0.2) is 48.5 Å². The highest BCUT2D eigenvalue weighted by Crippen LogP contribution is 2.42. The molecule has 3 aliphatic rings. The minimum Gasteiger partial charge on any atom is -0.493 e. The molecule has 2 aromatic rings. The van der Waals surface area contributed by atoms with Gasteiger partial charge in [-0.2, -0.15) is 0 Å². The van der Waals surface area contributed by atoms with Gasteiger partial charge in [-0.25, -0.2) is 4.79 Å². The van der Waals surface area contributed by atoms with E-state index in [1.807, 2.05) is 30.3 Å². The van der Waals surface area contributed by atoms with Crippen molar-refractivity contribution in [3.63, 3.8) is 0 Å². The zero-order valence-electron chi connectivity index (χ0n) is 21.8. The predicted molar refractivity (Wildman–Crippen MR) is 141 cm³/mol. The minimum atomic E-state index is -1.55. The molecule has 0 spiro atoms. The third-order valence-electron chi connectivity index (χ3n) is 8.81. The summed E-state index contributed by atoms with van der Waals surface area (Å²) in [5.41, 5.74) is 2.05. The number of likely N-dealkylation sites (N-methyl/N-ethyl adjacent to an activating group) is 1. The Bertz CT molecular complexity index is 1030. The second-order valence-corrected chi connectivity index (χ2v) is 11.5. The molecule has 0 radical (unpaired) electrons. The smallest absolute Gasteiger partial charge is 0.343 e. The van der Waals surface area contributed by atoms with Crippen LogP contribution >= 0.6 is 0 Å². The lowest BCUT2D eigenvalue weighted by Crippen LogP contribution is -2.47. The van der Waals surface area contributed by atoms with Gasteiger partial charge < -0.3 is 19.1 Å². The topological polar surface area (TPSA) is 55.8 Å². The maximum absolute atomic E-state index is 13.4. The van der Waals surface area contributed by atoms with Crippen molar-refractivity contribution in [1.82, 2.24) is 0 Å². The molecular formula is C31H42NO4+. The van der Waals surface area contributed by atoms with E-state index in [2.05, 4.69) is 25.2 Å². The Morgan fingerprint density at radius 2 is 1.75 bits per heavy atom. The molecular weight excluding hydrogens is 450 g/mol. The van der Waals surface area contributed by atoms with Crippen LogP contribution in [0.2, 0.25) is 0 Å². The summed E-state index contributed by atoms with van der Waals surface area (Å²) in [4.78, 5) is 13.4. The van der Waals surface area contributed by atoms with Gasteiger partial charge in [-0.05, 0) is 67.3 Å². The maximum atomic E-state index is 13.4. The first-order valence-corrected chi connectivity index (χ1v) is 14.0. The summed E-state index contributed by atoms with van der Waals surface area (Å²) in [5, 5.41) is 11.7. The van der Waals surface area contributed by atoms with E-state index in [4.69, 9.17) is 9.47 Å². The van der Waals surface area contributed by atoms with E-state index in [9.17, 15) is 9.90 Å². The number of ether oxygens (including phenoxy) is 2. The summed E-state index contributed by atoms with van der Waals surface area (Å²) in [6.45, 7) is 3.46. The lowest BCUT2D eigenvalue weighted by molar-refractivity contribution is -0.899. The number of rotatable bonds is 9. The summed E-state index contributed by atoms with van der Waals surface area (Å²) < 4.78 is 13.0. The van der Waals surface area contributed by atoms with Gasteiger partial charge in [0, 0.05) is 18.8 Å². The van der Waals surface area contributed by atoms with Crippen LogP contribution in [0, 0.1) is 5.92 Å². The highest BCUT2D eigenvalue weighted by atomic mass is 16.6. The molecule has 0 bridgehead atoms. The first-order valence-electron chi connectivity index (χ1n) is 14.0.